The second-order valence-corrected chi connectivity index (χ2v) is 5.55. The van der Waals surface area contributed by atoms with Gasteiger partial charge in [-0.15, -0.1) is 0 Å². The van der Waals surface area contributed by atoms with Crippen LogP contribution in [0.5, 0.6) is 0 Å². The molecule has 0 aliphatic heterocycles. The van der Waals surface area contributed by atoms with Crippen LogP contribution in [0.25, 0.3) is 0 Å². The molecular weight excluding hydrogens is 246 g/mol. The number of aromatic nitrogens is 2. The molecule has 3 heteroatoms. The Kier molecular flexibility index (Phi) is 4.61. The Bertz CT molecular complexity index is 561. The molecule has 0 amide bonds. The lowest BCUT2D eigenvalue weighted by atomic mass is 9.94. The number of nitrogens with zero attached hydrogens (tertiary/aromatic N) is 2. The first-order valence-electron chi connectivity index (χ1n) is 7.31. The molecule has 1 N–H and O–H groups in total. The van der Waals surface area contributed by atoms with Crippen molar-refractivity contribution in [2.24, 2.45) is 0 Å². The quantitative estimate of drug-likeness (QED) is 0.902. The van der Waals surface area contributed by atoms with Crippen molar-refractivity contribution < 1.29 is 0 Å². The molecule has 1 heterocycles. The lowest BCUT2D eigenvalue weighted by Crippen LogP contribution is -2.27. The van der Waals surface area contributed by atoms with E-state index in [4.69, 9.17) is 0 Å². The molecule has 1 unspecified atom stereocenters. The molecule has 3 nitrogen and oxygen atoms in total. The van der Waals surface area contributed by atoms with Crippen molar-refractivity contribution in [2.45, 2.75) is 47.2 Å². The minimum absolute atomic E-state index is 0.327. The van der Waals surface area contributed by atoms with Crippen molar-refractivity contribution in [2.75, 3.05) is 6.54 Å². The van der Waals surface area contributed by atoms with Gasteiger partial charge in [0.05, 0.1) is 6.04 Å². The molecule has 108 valence electrons. The summed E-state index contributed by atoms with van der Waals surface area (Å²) in [4.78, 5) is 4.32. The van der Waals surface area contributed by atoms with E-state index in [9.17, 15) is 0 Å². The third-order valence-corrected chi connectivity index (χ3v) is 3.84. The van der Waals surface area contributed by atoms with Gasteiger partial charge in [-0.1, -0.05) is 24.6 Å². The maximum absolute atomic E-state index is 4.32. The fraction of sp³-hybridized carbons (Fsp3) is 0.471. The monoisotopic (exact) mass is 271 g/mol. The van der Waals surface area contributed by atoms with Crippen molar-refractivity contribution >= 4 is 0 Å². The van der Waals surface area contributed by atoms with Gasteiger partial charge in [0.1, 0.15) is 5.82 Å². The van der Waals surface area contributed by atoms with Gasteiger partial charge in [-0.2, -0.15) is 0 Å². The summed E-state index contributed by atoms with van der Waals surface area (Å²) in [6.45, 7) is 12.7. The Morgan fingerprint density at radius 3 is 2.30 bits per heavy atom. The van der Waals surface area contributed by atoms with E-state index in [2.05, 4.69) is 67.8 Å². The summed E-state index contributed by atoms with van der Waals surface area (Å²) < 4.78 is 2.21. The molecule has 1 atom stereocenters. The van der Waals surface area contributed by atoms with Crippen LogP contribution in [0, 0.1) is 27.7 Å². The normalized spacial score (nSPS) is 12.7. The minimum atomic E-state index is 0.327. The van der Waals surface area contributed by atoms with E-state index in [0.29, 0.717) is 6.04 Å². The van der Waals surface area contributed by atoms with Gasteiger partial charge in [0.2, 0.25) is 0 Å². The van der Waals surface area contributed by atoms with Gasteiger partial charge in [0.25, 0.3) is 0 Å². The fourth-order valence-corrected chi connectivity index (χ4v) is 3.04. The Balaban J connectivity index is 2.36. The number of hydrogen-bond acceptors (Lipinski definition) is 2. The summed E-state index contributed by atoms with van der Waals surface area (Å²) in [5.41, 5.74) is 5.49. The smallest absolute Gasteiger partial charge is 0.105 e. The number of likely N-dealkylation sites (N-methyl/N-ethyl adjacent to an activating group) is 1. The zero-order valence-electron chi connectivity index (χ0n) is 13.2. The zero-order chi connectivity index (χ0) is 14.7. The lowest BCUT2D eigenvalue weighted by Gasteiger charge is -2.24. The van der Waals surface area contributed by atoms with Crippen molar-refractivity contribution in [1.82, 2.24) is 14.9 Å². The summed E-state index contributed by atoms with van der Waals surface area (Å²) in [5.74, 6) is 1.07. The average Bonchev–Trinajstić information content (AvgIpc) is 2.74. The highest BCUT2D eigenvalue weighted by atomic mass is 15.1. The van der Waals surface area contributed by atoms with Crippen LogP contribution in [0.3, 0.4) is 0 Å². The van der Waals surface area contributed by atoms with E-state index < -0.39 is 0 Å². The third-order valence-electron chi connectivity index (χ3n) is 3.84. The van der Waals surface area contributed by atoms with Gasteiger partial charge in [-0.05, 0) is 50.9 Å². The Hall–Kier alpha value is -1.61. The van der Waals surface area contributed by atoms with Gasteiger partial charge in [-0.25, -0.2) is 4.98 Å². The molecule has 2 rings (SSSR count). The Morgan fingerprint density at radius 2 is 1.80 bits per heavy atom. The van der Waals surface area contributed by atoms with Crippen LogP contribution in [0.15, 0.2) is 24.5 Å². The third kappa shape index (κ3) is 3.10. The number of aryl methyl sites for hydroxylation is 4. The van der Waals surface area contributed by atoms with Gasteiger partial charge >= 0.3 is 0 Å². The van der Waals surface area contributed by atoms with Gasteiger partial charge in [0.15, 0.2) is 0 Å². The summed E-state index contributed by atoms with van der Waals surface area (Å²) in [7, 11) is 0. The highest BCUT2D eigenvalue weighted by molar-refractivity contribution is 5.39. The molecule has 0 spiro atoms. The number of imidazole rings is 1. The molecule has 0 aliphatic carbocycles. The molecular formula is C17H25N3. The molecule has 0 bridgehead atoms. The topological polar surface area (TPSA) is 29.9 Å². The molecule has 0 aliphatic rings. The van der Waals surface area contributed by atoms with E-state index in [1.807, 2.05) is 6.20 Å². The molecule has 0 saturated carbocycles. The SMILES string of the molecule is CCNC(Cn1ccnc1C)c1c(C)cc(C)cc1C. The number of benzene rings is 1. The van der Waals surface area contributed by atoms with Crippen molar-refractivity contribution in [3.8, 4) is 0 Å². The van der Waals surface area contributed by atoms with E-state index in [1.54, 1.807) is 0 Å². The molecule has 1 aromatic carbocycles. The molecule has 1 aromatic heterocycles. The van der Waals surface area contributed by atoms with E-state index in [-0.39, 0.29) is 0 Å². The van der Waals surface area contributed by atoms with Crippen molar-refractivity contribution in [3.05, 3.63) is 52.6 Å². The molecule has 0 radical (unpaired) electrons. The highest BCUT2D eigenvalue weighted by Crippen LogP contribution is 2.25. The minimum Gasteiger partial charge on any atom is -0.333 e. The summed E-state index contributed by atoms with van der Waals surface area (Å²) in [6, 6.07) is 4.87. The summed E-state index contributed by atoms with van der Waals surface area (Å²) >= 11 is 0. The molecule has 0 saturated heterocycles. The zero-order valence-corrected chi connectivity index (χ0v) is 13.2. The Labute approximate surface area is 122 Å². The van der Waals surface area contributed by atoms with E-state index in [1.165, 1.54) is 22.3 Å². The van der Waals surface area contributed by atoms with E-state index in [0.717, 1.165) is 18.9 Å². The van der Waals surface area contributed by atoms with Gasteiger partial charge in [0, 0.05) is 18.9 Å². The van der Waals surface area contributed by atoms with Crippen LogP contribution in [-0.4, -0.2) is 16.1 Å². The first kappa shape index (κ1) is 14.8. The number of nitrogens with one attached hydrogen (secondary N) is 1. The second kappa shape index (κ2) is 6.23. The van der Waals surface area contributed by atoms with Crippen molar-refractivity contribution in [3.63, 3.8) is 0 Å². The number of hydrogen-bond donors (Lipinski definition) is 1. The predicted molar refractivity (Wildman–Crippen MR) is 84.0 cm³/mol. The predicted octanol–water partition coefficient (Wildman–Crippen LogP) is 3.47. The van der Waals surface area contributed by atoms with Crippen molar-refractivity contribution in [1.29, 1.82) is 0 Å². The van der Waals surface area contributed by atoms with E-state index >= 15 is 0 Å². The largest absolute Gasteiger partial charge is 0.333 e. The molecule has 0 fully saturated rings. The van der Waals surface area contributed by atoms with Gasteiger partial charge in [-0.3, -0.25) is 0 Å². The maximum atomic E-state index is 4.32. The van der Waals surface area contributed by atoms with Crippen LogP contribution < -0.4 is 5.32 Å². The van der Waals surface area contributed by atoms with Crippen LogP contribution in [0.2, 0.25) is 0 Å². The van der Waals surface area contributed by atoms with Crippen LogP contribution >= 0.6 is 0 Å². The fourth-order valence-electron chi connectivity index (χ4n) is 3.04. The highest BCUT2D eigenvalue weighted by Gasteiger charge is 2.17. The lowest BCUT2D eigenvalue weighted by molar-refractivity contribution is 0.465. The van der Waals surface area contributed by atoms with Crippen LogP contribution in [-0.2, 0) is 6.54 Å². The molecule has 2 aromatic rings. The standard InChI is InChI=1S/C17H25N3/c1-6-18-16(11-20-8-7-19-15(20)5)17-13(3)9-12(2)10-14(17)4/h7-10,16,18H,6,11H2,1-5H3. The van der Waals surface area contributed by atoms with Crippen LogP contribution in [0.1, 0.15) is 41.0 Å². The van der Waals surface area contributed by atoms with Crippen LogP contribution in [0.4, 0.5) is 0 Å². The Morgan fingerprint density at radius 1 is 1.15 bits per heavy atom. The molecule has 20 heavy (non-hydrogen) atoms. The first-order chi connectivity index (χ1) is 9.52. The average molecular weight is 271 g/mol. The second-order valence-electron chi connectivity index (χ2n) is 5.55. The first-order valence-corrected chi connectivity index (χ1v) is 7.31. The number of rotatable bonds is 5. The summed E-state index contributed by atoms with van der Waals surface area (Å²) in [6.07, 6.45) is 3.92. The van der Waals surface area contributed by atoms with Gasteiger partial charge < -0.3 is 9.88 Å². The summed E-state index contributed by atoms with van der Waals surface area (Å²) in [5, 5.41) is 3.62. The maximum Gasteiger partial charge on any atom is 0.105 e.